The van der Waals surface area contributed by atoms with Crippen LogP contribution in [0.3, 0.4) is 0 Å². The maximum absolute atomic E-state index is 13.4. The van der Waals surface area contributed by atoms with Crippen molar-refractivity contribution in [2.45, 2.75) is 36.2 Å². The number of pyridine rings is 1. The Morgan fingerprint density at radius 1 is 1.07 bits per heavy atom. The van der Waals surface area contributed by atoms with Gasteiger partial charge in [-0.05, 0) is 55.2 Å². The van der Waals surface area contributed by atoms with Crippen molar-refractivity contribution in [1.82, 2.24) is 4.98 Å². The number of sulfone groups is 1. The van der Waals surface area contributed by atoms with Crippen molar-refractivity contribution in [3.05, 3.63) is 47.9 Å². The van der Waals surface area contributed by atoms with E-state index < -0.39 is 26.1 Å². The van der Waals surface area contributed by atoms with Crippen molar-refractivity contribution in [3.63, 3.8) is 0 Å². The molecule has 0 aliphatic carbocycles. The van der Waals surface area contributed by atoms with E-state index in [2.05, 4.69) is 15.2 Å². The third-order valence-electron chi connectivity index (χ3n) is 4.51. The lowest BCUT2D eigenvalue weighted by atomic mass is 10.1. The molecule has 5 nitrogen and oxygen atoms in total. The average Bonchev–Trinajstić information content (AvgIpc) is 2.67. The molecule has 0 amide bonds. The van der Waals surface area contributed by atoms with Crippen LogP contribution in [0, 0.1) is 5.82 Å². The molecule has 1 saturated heterocycles. The van der Waals surface area contributed by atoms with Crippen LogP contribution in [0.1, 0.15) is 24.8 Å². The number of nitrogens with one attached hydrogen (secondary N) is 1. The lowest BCUT2D eigenvalue weighted by Gasteiger charge is -2.28. The first-order valence-electron chi connectivity index (χ1n) is 8.73. The Bertz CT molecular complexity index is 942. The molecule has 3 rings (SSSR count). The molecule has 2 aromatic rings. The molecule has 1 N–H and O–H groups in total. The maximum atomic E-state index is 13.4. The van der Waals surface area contributed by atoms with Crippen molar-refractivity contribution in [3.8, 4) is 0 Å². The Balaban J connectivity index is 1.82. The van der Waals surface area contributed by atoms with Crippen LogP contribution >= 0.6 is 0 Å². The topological polar surface area (TPSA) is 62.3 Å². The Labute approximate surface area is 160 Å². The van der Waals surface area contributed by atoms with Crippen molar-refractivity contribution >= 4 is 21.3 Å². The number of benzene rings is 1. The zero-order valence-corrected chi connectivity index (χ0v) is 15.7. The SMILES string of the molecule is O=S(=O)(c1cc(F)ccc1NCc1ccnc(N2CCCCC2)c1)C(F)(F)F. The van der Waals surface area contributed by atoms with Crippen molar-refractivity contribution < 1.29 is 26.0 Å². The minimum atomic E-state index is -5.68. The average molecular weight is 417 g/mol. The Morgan fingerprint density at radius 2 is 1.79 bits per heavy atom. The predicted octanol–water partition coefficient (Wildman–Crippen LogP) is 4.12. The smallest absolute Gasteiger partial charge is 0.380 e. The quantitative estimate of drug-likeness (QED) is 0.742. The molecule has 1 aromatic heterocycles. The van der Waals surface area contributed by atoms with Gasteiger partial charge in [-0.15, -0.1) is 0 Å². The zero-order valence-electron chi connectivity index (χ0n) is 14.8. The molecule has 28 heavy (non-hydrogen) atoms. The molecule has 0 unspecified atom stereocenters. The molecule has 1 aromatic carbocycles. The Morgan fingerprint density at radius 3 is 2.46 bits per heavy atom. The second kappa shape index (κ2) is 7.94. The fourth-order valence-corrected chi connectivity index (χ4v) is 4.00. The lowest BCUT2D eigenvalue weighted by Crippen LogP contribution is -2.30. The van der Waals surface area contributed by atoms with Crippen molar-refractivity contribution in [2.75, 3.05) is 23.3 Å². The summed E-state index contributed by atoms with van der Waals surface area (Å²) in [6, 6.07) is 5.75. The van der Waals surface area contributed by atoms with Gasteiger partial charge in [0.2, 0.25) is 0 Å². The summed E-state index contributed by atoms with van der Waals surface area (Å²) in [6.45, 7) is 1.83. The van der Waals surface area contributed by atoms with Gasteiger partial charge in [-0.3, -0.25) is 0 Å². The highest BCUT2D eigenvalue weighted by Gasteiger charge is 2.48. The molecule has 0 radical (unpaired) electrons. The minimum absolute atomic E-state index is 0.0649. The summed E-state index contributed by atoms with van der Waals surface area (Å²) in [4.78, 5) is 5.32. The second-order valence-corrected chi connectivity index (χ2v) is 8.42. The largest absolute Gasteiger partial charge is 0.501 e. The van der Waals surface area contributed by atoms with E-state index in [1.807, 2.05) is 0 Å². The van der Waals surface area contributed by atoms with Gasteiger partial charge in [-0.2, -0.15) is 13.2 Å². The molecule has 0 saturated carbocycles. The molecule has 2 heterocycles. The summed E-state index contributed by atoms with van der Waals surface area (Å²) >= 11 is 0. The molecular formula is C18H19F4N3O2S. The maximum Gasteiger partial charge on any atom is 0.501 e. The molecule has 0 spiro atoms. The molecule has 10 heteroatoms. The highest BCUT2D eigenvalue weighted by atomic mass is 32.2. The summed E-state index contributed by atoms with van der Waals surface area (Å²) in [5, 5.41) is 2.67. The van der Waals surface area contributed by atoms with Crippen LogP contribution < -0.4 is 10.2 Å². The van der Waals surface area contributed by atoms with Crippen LogP contribution in [0.5, 0.6) is 0 Å². The van der Waals surface area contributed by atoms with Crippen LogP contribution in [-0.4, -0.2) is 32.0 Å². The number of rotatable bonds is 5. The summed E-state index contributed by atoms with van der Waals surface area (Å²) in [7, 11) is -5.68. The summed E-state index contributed by atoms with van der Waals surface area (Å²) in [6.07, 6.45) is 4.90. The highest BCUT2D eigenvalue weighted by molar-refractivity contribution is 7.92. The molecule has 1 aliphatic heterocycles. The van der Waals surface area contributed by atoms with E-state index in [1.54, 1.807) is 18.3 Å². The van der Waals surface area contributed by atoms with E-state index in [4.69, 9.17) is 0 Å². The molecule has 0 bridgehead atoms. The van der Waals surface area contributed by atoms with Gasteiger partial charge in [-0.1, -0.05) is 0 Å². The van der Waals surface area contributed by atoms with Gasteiger partial charge in [0.1, 0.15) is 16.5 Å². The van der Waals surface area contributed by atoms with Crippen LogP contribution in [-0.2, 0) is 16.4 Å². The number of hydrogen-bond donors (Lipinski definition) is 1. The van der Waals surface area contributed by atoms with Crippen LogP contribution in [0.4, 0.5) is 29.1 Å². The minimum Gasteiger partial charge on any atom is -0.380 e. The van der Waals surface area contributed by atoms with Gasteiger partial charge < -0.3 is 10.2 Å². The molecule has 1 fully saturated rings. The summed E-state index contributed by atoms with van der Waals surface area (Å²) in [5.74, 6) is -0.300. The number of alkyl halides is 3. The fourth-order valence-electron chi connectivity index (χ4n) is 3.05. The first-order chi connectivity index (χ1) is 13.2. The van der Waals surface area contributed by atoms with Gasteiger partial charge in [-0.25, -0.2) is 17.8 Å². The zero-order chi connectivity index (χ0) is 20.4. The van der Waals surface area contributed by atoms with Crippen LogP contribution in [0.25, 0.3) is 0 Å². The Hall–Kier alpha value is -2.36. The molecule has 0 atom stereocenters. The third kappa shape index (κ3) is 4.37. The van der Waals surface area contributed by atoms with Gasteiger partial charge in [0, 0.05) is 25.8 Å². The number of nitrogens with zero attached hydrogens (tertiary/aromatic N) is 2. The van der Waals surface area contributed by atoms with E-state index in [0.717, 1.165) is 49.4 Å². The standard InChI is InChI=1S/C18H19F4N3O2S/c19-14-4-5-15(16(11-14)28(26,27)18(20,21)22)24-12-13-6-7-23-17(10-13)25-8-2-1-3-9-25/h4-7,10-11,24H,1-3,8-9,12H2. The van der Waals surface area contributed by atoms with Gasteiger partial charge in [0.05, 0.1) is 5.69 Å². The molecular weight excluding hydrogens is 398 g/mol. The van der Waals surface area contributed by atoms with E-state index >= 15 is 0 Å². The molecule has 1 aliphatic rings. The summed E-state index contributed by atoms with van der Waals surface area (Å²) in [5.41, 5.74) is -5.11. The lowest BCUT2D eigenvalue weighted by molar-refractivity contribution is -0.0435. The van der Waals surface area contributed by atoms with Crippen LogP contribution in [0.2, 0.25) is 0 Å². The monoisotopic (exact) mass is 417 g/mol. The van der Waals surface area contributed by atoms with Crippen molar-refractivity contribution in [2.24, 2.45) is 0 Å². The first-order valence-corrected chi connectivity index (χ1v) is 10.2. The predicted molar refractivity (Wildman–Crippen MR) is 97.3 cm³/mol. The van der Waals surface area contributed by atoms with Gasteiger partial charge in [0.25, 0.3) is 9.84 Å². The number of hydrogen-bond acceptors (Lipinski definition) is 5. The van der Waals surface area contributed by atoms with Gasteiger partial charge in [0.15, 0.2) is 0 Å². The van der Waals surface area contributed by atoms with Gasteiger partial charge >= 0.3 is 5.51 Å². The second-order valence-electron chi connectivity index (χ2n) is 6.51. The third-order valence-corrected chi connectivity index (χ3v) is 6.04. The highest BCUT2D eigenvalue weighted by Crippen LogP contribution is 2.35. The normalized spacial score (nSPS) is 15.5. The van der Waals surface area contributed by atoms with E-state index in [0.29, 0.717) is 6.07 Å². The number of anilines is 2. The Kier molecular flexibility index (Phi) is 5.78. The van der Waals surface area contributed by atoms with Crippen molar-refractivity contribution in [1.29, 1.82) is 0 Å². The van der Waals surface area contributed by atoms with E-state index in [9.17, 15) is 26.0 Å². The summed E-state index contributed by atoms with van der Waals surface area (Å²) < 4.78 is 75.6. The van der Waals surface area contributed by atoms with E-state index in [1.165, 1.54) is 6.42 Å². The van der Waals surface area contributed by atoms with E-state index in [-0.39, 0.29) is 12.2 Å². The fraction of sp³-hybridized carbons (Fsp3) is 0.389. The molecule has 152 valence electrons. The first kappa shape index (κ1) is 20.4. The number of halogens is 4. The number of aromatic nitrogens is 1. The number of piperidine rings is 1. The van der Waals surface area contributed by atoms with Crippen LogP contribution in [0.15, 0.2) is 41.4 Å².